The zero-order valence-corrected chi connectivity index (χ0v) is 12.6. The molecule has 0 bridgehead atoms. The molecule has 1 heterocycles. The van der Waals surface area contributed by atoms with Crippen molar-refractivity contribution >= 4 is 22.9 Å². The number of nitro groups is 1. The Bertz CT molecular complexity index is 1120. The second-order valence-corrected chi connectivity index (χ2v) is 4.97. The van der Waals surface area contributed by atoms with E-state index >= 15 is 0 Å². The maximum atomic E-state index is 12.1. The quantitative estimate of drug-likeness (QED) is 0.206. The van der Waals surface area contributed by atoms with Crippen molar-refractivity contribution in [3.05, 3.63) is 50.9 Å². The molecule has 26 heavy (non-hydrogen) atoms. The number of phenolic OH excluding ortho intramolecular Hbond substituents is 2. The summed E-state index contributed by atoms with van der Waals surface area (Å²) in [6.07, 6.45) is -1.55. The highest BCUT2D eigenvalue weighted by atomic mass is 16.7. The minimum atomic E-state index is -1.55. The number of nitro benzene ring substituents is 1. The van der Waals surface area contributed by atoms with Crippen molar-refractivity contribution in [1.29, 1.82) is 0 Å². The zero-order chi connectivity index (χ0) is 19.0. The lowest BCUT2D eigenvalue weighted by atomic mass is 10.1. The van der Waals surface area contributed by atoms with Gasteiger partial charge in [-0.15, -0.1) is 0 Å². The van der Waals surface area contributed by atoms with Crippen molar-refractivity contribution in [3.8, 4) is 28.5 Å². The van der Waals surface area contributed by atoms with E-state index in [0.29, 0.717) is 0 Å². The molecule has 0 atom stereocenters. The van der Waals surface area contributed by atoms with E-state index in [2.05, 4.69) is 9.72 Å². The summed E-state index contributed by atoms with van der Waals surface area (Å²) in [5.74, 6) is -1.86. The standard InChI is InChI=1S/C15H8N2O9/c18-10-4-6(3-9(13(10)19)17(23)24)12-14(20)26-11-2-1-7(25-15(21)22)5-8(11)16-12/h1-5,18-19H,(H,21,22). The maximum absolute atomic E-state index is 12.1. The first-order valence-electron chi connectivity index (χ1n) is 6.82. The van der Waals surface area contributed by atoms with Crippen LogP contribution in [-0.2, 0) is 0 Å². The van der Waals surface area contributed by atoms with Gasteiger partial charge < -0.3 is 24.5 Å². The smallest absolute Gasteiger partial charge is 0.504 e. The predicted molar refractivity (Wildman–Crippen MR) is 84.4 cm³/mol. The van der Waals surface area contributed by atoms with Gasteiger partial charge in [0, 0.05) is 17.7 Å². The lowest BCUT2D eigenvalue weighted by Gasteiger charge is -2.05. The first kappa shape index (κ1) is 16.7. The number of carboxylic acid groups (broad SMARTS) is 1. The first-order chi connectivity index (χ1) is 12.3. The molecule has 3 rings (SSSR count). The summed E-state index contributed by atoms with van der Waals surface area (Å²) in [7, 11) is 0. The van der Waals surface area contributed by atoms with Crippen molar-refractivity contribution in [3.63, 3.8) is 0 Å². The molecule has 3 N–H and O–H groups in total. The summed E-state index contributed by atoms with van der Waals surface area (Å²) in [6.45, 7) is 0. The molecule has 0 spiro atoms. The fourth-order valence-corrected chi connectivity index (χ4v) is 2.21. The summed E-state index contributed by atoms with van der Waals surface area (Å²) in [5.41, 5.74) is -2.29. The Hall–Kier alpha value is -4.15. The average molecular weight is 360 g/mol. The normalized spacial score (nSPS) is 10.6. The van der Waals surface area contributed by atoms with Crippen molar-refractivity contribution in [1.82, 2.24) is 4.98 Å². The van der Waals surface area contributed by atoms with Gasteiger partial charge in [0.2, 0.25) is 5.75 Å². The van der Waals surface area contributed by atoms with E-state index in [1.165, 1.54) is 18.2 Å². The summed E-state index contributed by atoms with van der Waals surface area (Å²) in [5, 5.41) is 38.7. The van der Waals surface area contributed by atoms with Gasteiger partial charge in [-0.1, -0.05) is 0 Å². The lowest BCUT2D eigenvalue weighted by Crippen LogP contribution is -2.07. The van der Waals surface area contributed by atoms with Crippen LogP contribution in [0.1, 0.15) is 0 Å². The van der Waals surface area contributed by atoms with E-state index in [-0.39, 0.29) is 28.1 Å². The van der Waals surface area contributed by atoms with Crippen LogP contribution in [0.2, 0.25) is 0 Å². The molecule has 0 aliphatic heterocycles. The van der Waals surface area contributed by atoms with Crippen molar-refractivity contribution in [2.24, 2.45) is 0 Å². The highest BCUT2D eigenvalue weighted by molar-refractivity contribution is 5.78. The minimum absolute atomic E-state index is 0.0222. The first-order valence-corrected chi connectivity index (χ1v) is 6.82. The van der Waals surface area contributed by atoms with Gasteiger partial charge in [-0.3, -0.25) is 10.1 Å². The molecule has 11 heteroatoms. The second-order valence-electron chi connectivity index (χ2n) is 4.97. The number of rotatable bonds is 3. The molecule has 2 aromatic carbocycles. The number of phenols is 2. The van der Waals surface area contributed by atoms with Crippen molar-refractivity contribution < 1.29 is 34.2 Å². The zero-order valence-electron chi connectivity index (χ0n) is 12.6. The highest BCUT2D eigenvalue weighted by Crippen LogP contribution is 2.38. The van der Waals surface area contributed by atoms with Gasteiger partial charge in [0.25, 0.3) is 0 Å². The molecule has 0 unspecified atom stereocenters. The minimum Gasteiger partial charge on any atom is -0.504 e. The predicted octanol–water partition coefficient (Wildman–Crippen LogP) is 2.23. The van der Waals surface area contributed by atoms with Crippen LogP contribution in [0.3, 0.4) is 0 Å². The maximum Gasteiger partial charge on any atom is 0.511 e. The van der Waals surface area contributed by atoms with Gasteiger partial charge in [0.1, 0.15) is 11.3 Å². The molecule has 0 aliphatic carbocycles. The number of nitrogens with zero attached hydrogens (tertiary/aromatic N) is 2. The number of ether oxygens (including phenoxy) is 1. The number of aromatic nitrogens is 1. The van der Waals surface area contributed by atoms with Gasteiger partial charge >= 0.3 is 17.5 Å². The van der Waals surface area contributed by atoms with Crippen LogP contribution in [0.5, 0.6) is 17.2 Å². The molecular formula is C15H8N2O9. The molecule has 0 saturated carbocycles. The average Bonchev–Trinajstić information content (AvgIpc) is 2.56. The van der Waals surface area contributed by atoms with Crippen LogP contribution < -0.4 is 10.4 Å². The summed E-state index contributed by atoms with van der Waals surface area (Å²) >= 11 is 0. The molecule has 0 amide bonds. The van der Waals surface area contributed by atoms with Crippen LogP contribution in [0.25, 0.3) is 22.4 Å². The van der Waals surface area contributed by atoms with E-state index in [0.717, 1.165) is 12.1 Å². The number of aromatic hydroxyl groups is 2. The molecule has 0 radical (unpaired) electrons. The van der Waals surface area contributed by atoms with E-state index in [9.17, 15) is 29.9 Å². The fourth-order valence-electron chi connectivity index (χ4n) is 2.21. The van der Waals surface area contributed by atoms with E-state index < -0.39 is 33.9 Å². The second kappa shape index (κ2) is 6.05. The third kappa shape index (κ3) is 2.96. The highest BCUT2D eigenvalue weighted by Gasteiger charge is 2.22. The fraction of sp³-hybridized carbons (Fsp3) is 0. The Labute approximate surface area is 142 Å². The summed E-state index contributed by atoms with van der Waals surface area (Å²) in [6, 6.07) is 5.45. The van der Waals surface area contributed by atoms with Gasteiger partial charge in [-0.25, -0.2) is 14.6 Å². The number of fused-ring (bicyclic) bond motifs is 1. The van der Waals surface area contributed by atoms with Crippen LogP contribution in [-0.4, -0.2) is 31.4 Å². The molecule has 1 aromatic heterocycles. The van der Waals surface area contributed by atoms with Crippen LogP contribution in [0.4, 0.5) is 10.5 Å². The Balaban J connectivity index is 2.21. The Kier molecular flexibility index (Phi) is 3.89. The van der Waals surface area contributed by atoms with Crippen LogP contribution in [0, 0.1) is 10.1 Å². The number of benzene rings is 2. The third-order valence-electron chi connectivity index (χ3n) is 3.30. The lowest BCUT2D eigenvalue weighted by molar-refractivity contribution is -0.385. The molecule has 11 nitrogen and oxygen atoms in total. The summed E-state index contributed by atoms with van der Waals surface area (Å²) < 4.78 is 9.52. The molecule has 0 fully saturated rings. The van der Waals surface area contributed by atoms with E-state index in [1.807, 2.05) is 0 Å². The van der Waals surface area contributed by atoms with E-state index in [4.69, 9.17) is 9.52 Å². The molecule has 3 aromatic rings. The summed E-state index contributed by atoms with van der Waals surface area (Å²) in [4.78, 5) is 36.7. The van der Waals surface area contributed by atoms with Crippen LogP contribution >= 0.6 is 0 Å². The monoisotopic (exact) mass is 360 g/mol. The molecule has 132 valence electrons. The molecule has 0 saturated heterocycles. The molecular weight excluding hydrogens is 352 g/mol. The molecule has 0 aliphatic rings. The van der Waals surface area contributed by atoms with Gasteiger partial charge in [0.05, 0.1) is 4.92 Å². The Morgan fingerprint density at radius 2 is 1.96 bits per heavy atom. The largest absolute Gasteiger partial charge is 0.511 e. The SMILES string of the molecule is O=C(O)Oc1ccc2oc(=O)c(-c3cc(O)c(O)c([N+](=O)[O-])c3)nc2c1. The van der Waals surface area contributed by atoms with Gasteiger partial charge in [-0.2, -0.15) is 0 Å². The number of hydrogen-bond donors (Lipinski definition) is 3. The van der Waals surface area contributed by atoms with Gasteiger partial charge in [0.15, 0.2) is 17.0 Å². The third-order valence-corrected chi connectivity index (χ3v) is 3.30. The Morgan fingerprint density at radius 3 is 2.62 bits per heavy atom. The van der Waals surface area contributed by atoms with E-state index in [1.54, 1.807) is 0 Å². The topological polar surface area (TPSA) is 173 Å². The number of hydrogen-bond acceptors (Lipinski definition) is 9. The number of carbonyl (C=O) groups is 1. The van der Waals surface area contributed by atoms with Crippen LogP contribution in [0.15, 0.2) is 39.5 Å². The Morgan fingerprint density at radius 1 is 1.23 bits per heavy atom. The van der Waals surface area contributed by atoms with Gasteiger partial charge in [-0.05, 0) is 18.2 Å². The van der Waals surface area contributed by atoms with Crippen molar-refractivity contribution in [2.45, 2.75) is 0 Å². The van der Waals surface area contributed by atoms with Crippen molar-refractivity contribution in [2.75, 3.05) is 0 Å².